The standard InChI is InChI=1S/C21H16F2N4O/c22-17-6-5-15(12-18(17)23)21(28)27-9-7-26(8-10-27)20-16(13-24)11-14-3-1-2-4-19(14)25-20/h1-6,11-12H,7-10H2. The van der Waals surface area contributed by atoms with Gasteiger partial charge >= 0.3 is 0 Å². The van der Waals surface area contributed by atoms with Crippen LogP contribution in [-0.2, 0) is 0 Å². The zero-order chi connectivity index (χ0) is 19.7. The van der Waals surface area contributed by atoms with Gasteiger partial charge in [-0.2, -0.15) is 5.26 Å². The minimum atomic E-state index is -1.04. The molecule has 1 aliphatic rings. The van der Waals surface area contributed by atoms with Crippen molar-refractivity contribution in [2.24, 2.45) is 0 Å². The summed E-state index contributed by atoms with van der Waals surface area (Å²) in [5.74, 6) is -1.76. The highest BCUT2D eigenvalue weighted by molar-refractivity contribution is 5.94. The molecule has 1 saturated heterocycles. The highest BCUT2D eigenvalue weighted by atomic mass is 19.2. The molecule has 3 aromatic rings. The largest absolute Gasteiger partial charge is 0.352 e. The number of rotatable bonds is 2. The monoisotopic (exact) mass is 378 g/mol. The summed E-state index contributed by atoms with van der Waals surface area (Å²) in [6.07, 6.45) is 0. The van der Waals surface area contributed by atoms with E-state index < -0.39 is 11.6 Å². The SMILES string of the molecule is N#Cc1cc2ccccc2nc1N1CCN(C(=O)c2ccc(F)c(F)c2)CC1. The Morgan fingerprint density at radius 2 is 1.75 bits per heavy atom. The smallest absolute Gasteiger partial charge is 0.254 e. The van der Waals surface area contributed by atoms with E-state index in [-0.39, 0.29) is 11.5 Å². The van der Waals surface area contributed by atoms with Crippen molar-refractivity contribution in [2.75, 3.05) is 31.1 Å². The minimum absolute atomic E-state index is 0.119. The van der Waals surface area contributed by atoms with Gasteiger partial charge in [0.15, 0.2) is 11.6 Å². The predicted molar refractivity (Wildman–Crippen MR) is 101 cm³/mol. The molecule has 0 aliphatic carbocycles. The number of hydrogen-bond acceptors (Lipinski definition) is 4. The molecule has 2 aromatic carbocycles. The number of piperazine rings is 1. The fourth-order valence-electron chi connectivity index (χ4n) is 3.36. The topological polar surface area (TPSA) is 60.2 Å². The molecule has 1 amide bonds. The lowest BCUT2D eigenvalue weighted by molar-refractivity contribution is 0.0746. The number of benzene rings is 2. The second-order valence-corrected chi connectivity index (χ2v) is 6.57. The molecule has 0 radical (unpaired) electrons. The van der Waals surface area contributed by atoms with Crippen LogP contribution >= 0.6 is 0 Å². The van der Waals surface area contributed by atoms with E-state index in [0.717, 1.165) is 23.0 Å². The summed E-state index contributed by atoms with van der Waals surface area (Å²) in [5, 5.41) is 10.4. The van der Waals surface area contributed by atoms with Crippen LogP contribution in [-0.4, -0.2) is 42.0 Å². The fourth-order valence-corrected chi connectivity index (χ4v) is 3.36. The molecule has 1 aromatic heterocycles. The Morgan fingerprint density at radius 1 is 1.00 bits per heavy atom. The van der Waals surface area contributed by atoms with Crippen molar-refractivity contribution in [3.63, 3.8) is 0 Å². The second-order valence-electron chi connectivity index (χ2n) is 6.57. The highest BCUT2D eigenvalue weighted by Gasteiger charge is 2.25. The molecule has 1 aliphatic heterocycles. The summed E-state index contributed by atoms with van der Waals surface area (Å²) in [6, 6.07) is 14.8. The summed E-state index contributed by atoms with van der Waals surface area (Å²) in [4.78, 5) is 20.7. The molecule has 0 atom stereocenters. The van der Waals surface area contributed by atoms with E-state index in [2.05, 4.69) is 11.1 Å². The van der Waals surface area contributed by atoms with Gasteiger partial charge in [-0.25, -0.2) is 13.8 Å². The quantitative estimate of drug-likeness (QED) is 0.686. The van der Waals surface area contributed by atoms with Crippen molar-refractivity contribution >= 4 is 22.6 Å². The summed E-state index contributed by atoms with van der Waals surface area (Å²) >= 11 is 0. The van der Waals surface area contributed by atoms with Gasteiger partial charge in [0.25, 0.3) is 5.91 Å². The van der Waals surface area contributed by atoms with Crippen LogP contribution in [0.5, 0.6) is 0 Å². The summed E-state index contributed by atoms with van der Waals surface area (Å²) in [6.45, 7) is 1.79. The van der Waals surface area contributed by atoms with Gasteiger partial charge in [-0.15, -0.1) is 0 Å². The number of nitriles is 1. The highest BCUT2D eigenvalue weighted by Crippen LogP contribution is 2.24. The molecule has 28 heavy (non-hydrogen) atoms. The van der Waals surface area contributed by atoms with E-state index in [4.69, 9.17) is 0 Å². The number of carbonyl (C=O) groups excluding carboxylic acids is 1. The zero-order valence-corrected chi connectivity index (χ0v) is 14.9. The molecule has 0 bridgehead atoms. The van der Waals surface area contributed by atoms with Crippen LogP contribution in [0.1, 0.15) is 15.9 Å². The Kier molecular flexibility index (Phi) is 4.62. The Morgan fingerprint density at radius 3 is 2.46 bits per heavy atom. The van der Waals surface area contributed by atoms with Gasteiger partial charge in [-0.1, -0.05) is 18.2 Å². The third-order valence-corrected chi connectivity index (χ3v) is 4.86. The number of carbonyl (C=O) groups is 1. The summed E-state index contributed by atoms with van der Waals surface area (Å²) in [7, 11) is 0. The van der Waals surface area contributed by atoms with Gasteiger partial charge in [0.1, 0.15) is 11.9 Å². The Balaban J connectivity index is 1.52. The van der Waals surface area contributed by atoms with Gasteiger partial charge in [0.2, 0.25) is 0 Å². The average Bonchev–Trinajstić information content (AvgIpc) is 2.74. The number of nitrogens with zero attached hydrogens (tertiary/aromatic N) is 4. The van der Waals surface area contributed by atoms with Crippen LogP contribution < -0.4 is 4.90 Å². The first kappa shape index (κ1) is 17.9. The molecule has 0 saturated carbocycles. The Bertz CT molecular complexity index is 1100. The van der Waals surface area contributed by atoms with Crippen LogP contribution in [0.2, 0.25) is 0 Å². The molecule has 0 N–H and O–H groups in total. The first-order valence-corrected chi connectivity index (χ1v) is 8.86. The van der Waals surface area contributed by atoms with Gasteiger partial charge in [0, 0.05) is 37.1 Å². The van der Waals surface area contributed by atoms with Crippen LogP contribution in [0, 0.1) is 23.0 Å². The number of pyridine rings is 1. The lowest BCUT2D eigenvalue weighted by Crippen LogP contribution is -2.49. The molecule has 4 rings (SSSR count). The molecule has 2 heterocycles. The third-order valence-electron chi connectivity index (χ3n) is 4.86. The molecular weight excluding hydrogens is 362 g/mol. The van der Waals surface area contributed by atoms with E-state index in [1.807, 2.05) is 35.2 Å². The predicted octanol–water partition coefficient (Wildman–Crippen LogP) is 3.35. The second kappa shape index (κ2) is 7.24. The summed E-state index contributed by atoms with van der Waals surface area (Å²) in [5.41, 5.74) is 1.41. The lowest BCUT2D eigenvalue weighted by atomic mass is 10.1. The molecule has 0 spiro atoms. The number of hydrogen-bond donors (Lipinski definition) is 0. The van der Waals surface area contributed by atoms with Gasteiger partial charge < -0.3 is 9.80 Å². The fraction of sp³-hybridized carbons (Fsp3) is 0.190. The van der Waals surface area contributed by atoms with E-state index in [9.17, 15) is 18.8 Å². The Labute approximate surface area is 160 Å². The number of anilines is 1. The van der Waals surface area contributed by atoms with E-state index in [1.165, 1.54) is 6.07 Å². The normalized spacial score (nSPS) is 14.2. The average molecular weight is 378 g/mol. The molecular formula is C21H16F2N4O. The van der Waals surface area contributed by atoms with Crippen LogP contribution in [0.3, 0.4) is 0 Å². The number of para-hydroxylation sites is 1. The molecule has 7 heteroatoms. The van der Waals surface area contributed by atoms with Crippen LogP contribution in [0.25, 0.3) is 10.9 Å². The van der Waals surface area contributed by atoms with Crippen molar-refractivity contribution < 1.29 is 13.6 Å². The van der Waals surface area contributed by atoms with E-state index in [1.54, 1.807) is 4.90 Å². The maximum Gasteiger partial charge on any atom is 0.254 e. The Hall–Kier alpha value is -3.53. The number of fused-ring (bicyclic) bond motifs is 1. The number of aromatic nitrogens is 1. The zero-order valence-electron chi connectivity index (χ0n) is 14.9. The van der Waals surface area contributed by atoms with Gasteiger partial charge in [-0.3, -0.25) is 4.79 Å². The van der Waals surface area contributed by atoms with Gasteiger partial charge in [0.05, 0.1) is 11.1 Å². The molecule has 0 unspecified atom stereocenters. The van der Waals surface area contributed by atoms with Crippen molar-refractivity contribution in [3.05, 3.63) is 71.3 Å². The number of amides is 1. The van der Waals surface area contributed by atoms with Crippen molar-refractivity contribution in [1.82, 2.24) is 9.88 Å². The maximum absolute atomic E-state index is 13.4. The summed E-state index contributed by atoms with van der Waals surface area (Å²) < 4.78 is 26.5. The van der Waals surface area contributed by atoms with Crippen molar-refractivity contribution in [3.8, 4) is 6.07 Å². The minimum Gasteiger partial charge on any atom is -0.352 e. The van der Waals surface area contributed by atoms with Crippen LogP contribution in [0.15, 0.2) is 48.5 Å². The maximum atomic E-state index is 13.4. The van der Waals surface area contributed by atoms with E-state index >= 15 is 0 Å². The van der Waals surface area contributed by atoms with Crippen LogP contribution in [0.4, 0.5) is 14.6 Å². The molecule has 5 nitrogen and oxygen atoms in total. The molecule has 1 fully saturated rings. The van der Waals surface area contributed by atoms with Crippen molar-refractivity contribution in [1.29, 1.82) is 5.26 Å². The molecule has 140 valence electrons. The first-order valence-electron chi connectivity index (χ1n) is 8.86. The number of halogens is 2. The third kappa shape index (κ3) is 3.25. The first-order chi connectivity index (χ1) is 13.6. The van der Waals surface area contributed by atoms with E-state index in [0.29, 0.717) is 37.6 Å². The van der Waals surface area contributed by atoms with Crippen molar-refractivity contribution in [2.45, 2.75) is 0 Å². The lowest BCUT2D eigenvalue weighted by Gasteiger charge is -2.35. The van der Waals surface area contributed by atoms with Gasteiger partial charge in [-0.05, 0) is 30.3 Å².